The van der Waals surface area contributed by atoms with E-state index in [0.717, 1.165) is 25.7 Å². The van der Waals surface area contributed by atoms with Crippen LogP contribution in [-0.2, 0) is 22.4 Å². The molecular formula is C21H19N7O2S4. The van der Waals surface area contributed by atoms with Crippen LogP contribution in [0.3, 0.4) is 0 Å². The molecule has 0 unspecified atom stereocenters. The molecule has 3 aromatic heterocycles. The molecule has 0 atom stereocenters. The van der Waals surface area contributed by atoms with Gasteiger partial charge in [-0.05, 0) is 17.7 Å². The Morgan fingerprint density at radius 2 is 1.32 bits per heavy atom. The van der Waals surface area contributed by atoms with Crippen molar-refractivity contribution in [2.24, 2.45) is 0 Å². The van der Waals surface area contributed by atoms with Crippen molar-refractivity contribution in [1.29, 1.82) is 0 Å². The number of anilines is 2. The molecule has 0 bridgehead atoms. The predicted octanol–water partition coefficient (Wildman–Crippen LogP) is 4.03. The second kappa shape index (κ2) is 12.6. The molecule has 2 amide bonds. The number of hydrogen-bond acceptors (Lipinski definition) is 11. The molecule has 0 aliphatic heterocycles. The number of thioether (sulfide) groups is 2. The van der Waals surface area contributed by atoms with E-state index in [1.54, 1.807) is 35.8 Å². The third-order valence-electron chi connectivity index (χ3n) is 4.12. The summed E-state index contributed by atoms with van der Waals surface area (Å²) < 4.78 is 1.57. The summed E-state index contributed by atoms with van der Waals surface area (Å²) in [6.45, 7) is 0. The SMILES string of the molecule is O=C(Cc1ccccc1)Nc1nnc(SCCSc2nnc(NC(=O)Cc3ccccn3)s2)s1. The molecule has 174 valence electrons. The van der Waals surface area contributed by atoms with Crippen LogP contribution in [0.1, 0.15) is 11.3 Å². The van der Waals surface area contributed by atoms with Crippen molar-refractivity contribution < 1.29 is 9.59 Å². The number of rotatable bonds is 11. The van der Waals surface area contributed by atoms with Crippen LogP contribution < -0.4 is 10.6 Å². The Morgan fingerprint density at radius 3 is 1.91 bits per heavy atom. The highest BCUT2D eigenvalue weighted by Gasteiger charge is 2.11. The lowest BCUT2D eigenvalue weighted by Gasteiger charge is -2.00. The summed E-state index contributed by atoms with van der Waals surface area (Å²) in [6.07, 6.45) is 2.15. The van der Waals surface area contributed by atoms with Crippen LogP contribution in [0, 0.1) is 0 Å². The van der Waals surface area contributed by atoms with Gasteiger partial charge in [-0.1, -0.05) is 82.6 Å². The van der Waals surface area contributed by atoms with E-state index in [1.807, 2.05) is 42.5 Å². The summed E-state index contributed by atoms with van der Waals surface area (Å²) in [5.74, 6) is 1.29. The summed E-state index contributed by atoms with van der Waals surface area (Å²) in [4.78, 5) is 28.4. The van der Waals surface area contributed by atoms with Gasteiger partial charge in [-0.3, -0.25) is 14.6 Å². The summed E-state index contributed by atoms with van der Waals surface area (Å²) in [5, 5.41) is 22.8. The van der Waals surface area contributed by atoms with Gasteiger partial charge in [0, 0.05) is 23.4 Å². The van der Waals surface area contributed by atoms with Gasteiger partial charge in [0.25, 0.3) is 0 Å². The Kier molecular flexibility index (Phi) is 8.96. The smallest absolute Gasteiger partial charge is 0.232 e. The van der Waals surface area contributed by atoms with E-state index in [0.29, 0.717) is 22.4 Å². The Bertz CT molecular complexity index is 1120. The Balaban J connectivity index is 1.15. The average Bonchev–Trinajstić information content (AvgIpc) is 3.47. The van der Waals surface area contributed by atoms with Gasteiger partial charge >= 0.3 is 0 Å². The number of amides is 2. The maximum absolute atomic E-state index is 12.1. The van der Waals surface area contributed by atoms with Crippen LogP contribution in [0.15, 0.2) is 63.4 Å². The third-order valence-corrected chi connectivity index (χ3v) is 8.32. The topological polar surface area (TPSA) is 123 Å². The van der Waals surface area contributed by atoms with Gasteiger partial charge in [0.1, 0.15) is 0 Å². The van der Waals surface area contributed by atoms with Gasteiger partial charge in [0.05, 0.1) is 12.8 Å². The van der Waals surface area contributed by atoms with Crippen molar-refractivity contribution in [1.82, 2.24) is 25.4 Å². The Hall–Kier alpha value is -2.87. The van der Waals surface area contributed by atoms with Crippen LogP contribution in [0.2, 0.25) is 0 Å². The molecule has 0 saturated heterocycles. The molecule has 1 aromatic carbocycles. The number of carbonyl (C=O) groups excluding carboxylic acids is 2. The fraction of sp³-hybridized carbons (Fsp3) is 0.190. The van der Waals surface area contributed by atoms with Crippen LogP contribution in [0.5, 0.6) is 0 Å². The first-order valence-corrected chi connectivity index (χ1v) is 13.7. The molecule has 0 aliphatic rings. The minimum absolute atomic E-state index is 0.117. The number of pyridine rings is 1. The minimum Gasteiger partial charge on any atom is -0.300 e. The monoisotopic (exact) mass is 529 g/mol. The van der Waals surface area contributed by atoms with E-state index >= 15 is 0 Å². The lowest BCUT2D eigenvalue weighted by molar-refractivity contribution is -0.116. The zero-order chi connectivity index (χ0) is 23.6. The van der Waals surface area contributed by atoms with E-state index in [-0.39, 0.29) is 18.2 Å². The van der Waals surface area contributed by atoms with Crippen LogP contribution in [0.25, 0.3) is 0 Å². The number of nitrogens with one attached hydrogen (secondary N) is 2. The van der Waals surface area contributed by atoms with Gasteiger partial charge in [0.2, 0.25) is 22.1 Å². The van der Waals surface area contributed by atoms with Gasteiger partial charge in [0.15, 0.2) is 8.68 Å². The largest absolute Gasteiger partial charge is 0.300 e. The van der Waals surface area contributed by atoms with Gasteiger partial charge in [-0.25, -0.2) is 0 Å². The number of aromatic nitrogens is 5. The Labute approximate surface area is 212 Å². The third kappa shape index (κ3) is 7.87. The van der Waals surface area contributed by atoms with Gasteiger partial charge < -0.3 is 10.6 Å². The molecule has 2 N–H and O–H groups in total. The lowest BCUT2D eigenvalue weighted by atomic mass is 10.1. The van der Waals surface area contributed by atoms with Gasteiger partial charge in [-0.2, -0.15) is 0 Å². The summed E-state index contributed by atoms with van der Waals surface area (Å²) in [7, 11) is 0. The second-order valence-corrected chi connectivity index (χ2v) is 11.3. The second-order valence-electron chi connectivity index (χ2n) is 6.70. The highest BCUT2D eigenvalue weighted by atomic mass is 32.2. The summed E-state index contributed by atoms with van der Waals surface area (Å²) in [5.41, 5.74) is 1.65. The van der Waals surface area contributed by atoms with E-state index in [2.05, 4.69) is 36.0 Å². The molecule has 0 spiro atoms. The Morgan fingerprint density at radius 1 is 0.735 bits per heavy atom. The predicted molar refractivity (Wildman–Crippen MR) is 137 cm³/mol. The molecule has 3 heterocycles. The van der Waals surface area contributed by atoms with Crippen molar-refractivity contribution >= 4 is 68.3 Å². The van der Waals surface area contributed by atoms with E-state index < -0.39 is 0 Å². The molecule has 13 heteroatoms. The minimum atomic E-state index is -0.176. The van der Waals surface area contributed by atoms with E-state index in [1.165, 1.54) is 22.7 Å². The molecule has 4 aromatic rings. The van der Waals surface area contributed by atoms with Crippen molar-refractivity contribution in [3.8, 4) is 0 Å². The number of hydrogen-bond donors (Lipinski definition) is 2. The first kappa shape index (κ1) is 24.3. The quantitative estimate of drug-likeness (QED) is 0.168. The van der Waals surface area contributed by atoms with Crippen LogP contribution in [-0.4, -0.2) is 48.7 Å². The maximum Gasteiger partial charge on any atom is 0.232 e. The molecule has 9 nitrogen and oxygen atoms in total. The number of benzene rings is 1. The normalized spacial score (nSPS) is 10.7. The molecule has 0 radical (unpaired) electrons. The maximum atomic E-state index is 12.1. The standard InChI is InChI=1S/C21H19N7O2S4/c29-16(12-14-6-2-1-3-7-14)23-18-25-27-20(33-18)31-10-11-32-21-28-26-19(34-21)24-17(30)13-15-8-4-5-9-22-15/h1-9H,10-13H2,(H,23,25,29)(H,24,26,30). The molecular weight excluding hydrogens is 511 g/mol. The van der Waals surface area contributed by atoms with Crippen molar-refractivity contribution in [2.75, 3.05) is 22.1 Å². The van der Waals surface area contributed by atoms with Crippen molar-refractivity contribution in [3.63, 3.8) is 0 Å². The molecule has 4 rings (SSSR count). The number of nitrogens with zero attached hydrogens (tertiary/aromatic N) is 5. The summed E-state index contributed by atoms with van der Waals surface area (Å²) >= 11 is 5.81. The number of carbonyl (C=O) groups is 2. The highest BCUT2D eigenvalue weighted by molar-refractivity contribution is 8.04. The van der Waals surface area contributed by atoms with Crippen molar-refractivity contribution in [3.05, 3.63) is 66.0 Å². The fourth-order valence-electron chi connectivity index (χ4n) is 2.67. The van der Waals surface area contributed by atoms with Crippen LogP contribution >= 0.6 is 46.2 Å². The van der Waals surface area contributed by atoms with Gasteiger partial charge in [-0.15, -0.1) is 20.4 Å². The zero-order valence-electron chi connectivity index (χ0n) is 17.7. The summed E-state index contributed by atoms with van der Waals surface area (Å²) in [6, 6.07) is 15.0. The molecule has 0 saturated carbocycles. The first-order valence-electron chi connectivity index (χ1n) is 10.1. The molecule has 0 aliphatic carbocycles. The molecule has 0 fully saturated rings. The van der Waals surface area contributed by atoms with E-state index in [4.69, 9.17) is 0 Å². The fourth-order valence-corrected chi connectivity index (χ4v) is 6.32. The zero-order valence-corrected chi connectivity index (χ0v) is 21.0. The highest BCUT2D eigenvalue weighted by Crippen LogP contribution is 2.29. The molecule has 34 heavy (non-hydrogen) atoms. The first-order chi connectivity index (χ1) is 16.6. The lowest BCUT2D eigenvalue weighted by Crippen LogP contribution is -2.14. The van der Waals surface area contributed by atoms with Crippen molar-refractivity contribution in [2.45, 2.75) is 21.5 Å². The van der Waals surface area contributed by atoms with E-state index in [9.17, 15) is 9.59 Å². The van der Waals surface area contributed by atoms with Crippen LogP contribution in [0.4, 0.5) is 10.3 Å². The average molecular weight is 530 g/mol.